The van der Waals surface area contributed by atoms with Gasteiger partial charge in [-0.25, -0.2) is 4.98 Å². The second kappa shape index (κ2) is 8.49. The highest BCUT2D eigenvalue weighted by Gasteiger charge is 2.14. The van der Waals surface area contributed by atoms with Crippen molar-refractivity contribution in [3.8, 4) is 0 Å². The van der Waals surface area contributed by atoms with E-state index in [1.165, 1.54) is 0 Å². The molecule has 0 aliphatic carbocycles. The monoisotopic (exact) mass is 352 g/mol. The van der Waals surface area contributed by atoms with E-state index in [2.05, 4.69) is 34.4 Å². The molecule has 1 amide bonds. The van der Waals surface area contributed by atoms with Crippen LogP contribution in [0.15, 0.2) is 53.1 Å². The van der Waals surface area contributed by atoms with E-state index >= 15 is 0 Å². The first-order valence-corrected chi connectivity index (χ1v) is 8.92. The van der Waals surface area contributed by atoms with Crippen LogP contribution in [0.1, 0.15) is 24.3 Å². The molecule has 2 aromatic heterocycles. The van der Waals surface area contributed by atoms with Gasteiger partial charge in [0.1, 0.15) is 17.1 Å². The molecule has 2 heterocycles. The first-order valence-electron chi connectivity index (χ1n) is 8.92. The average molecular weight is 352 g/mol. The van der Waals surface area contributed by atoms with Gasteiger partial charge in [0.15, 0.2) is 0 Å². The smallest absolute Gasteiger partial charge is 0.270 e. The van der Waals surface area contributed by atoms with E-state index in [-0.39, 0.29) is 5.91 Å². The van der Waals surface area contributed by atoms with Gasteiger partial charge in [0.25, 0.3) is 5.91 Å². The normalized spacial score (nSPS) is 11.0. The van der Waals surface area contributed by atoms with E-state index in [1.54, 1.807) is 12.3 Å². The number of para-hydroxylation sites is 1. The van der Waals surface area contributed by atoms with Crippen LogP contribution in [0.3, 0.4) is 0 Å². The van der Waals surface area contributed by atoms with Crippen molar-refractivity contribution in [2.45, 2.75) is 13.8 Å². The third-order valence-electron chi connectivity index (χ3n) is 4.33. The number of hydrogen-bond donors (Lipinski definition) is 2. The second-order valence-corrected chi connectivity index (χ2v) is 5.96. The Bertz CT molecular complexity index is 857. The zero-order valence-electron chi connectivity index (χ0n) is 15.2. The van der Waals surface area contributed by atoms with Gasteiger partial charge in [-0.3, -0.25) is 4.79 Å². The third-order valence-corrected chi connectivity index (χ3v) is 4.33. The molecule has 0 unspecified atom stereocenters. The van der Waals surface area contributed by atoms with Gasteiger partial charge >= 0.3 is 0 Å². The van der Waals surface area contributed by atoms with Crippen LogP contribution in [0.2, 0.25) is 0 Å². The molecule has 0 aliphatic heterocycles. The summed E-state index contributed by atoms with van der Waals surface area (Å²) in [5, 5.41) is 7.04. The van der Waals surface area contributed by atoms with Gasteiger partial charge < -0.3 is 20.0 Å². The molecule has 0 saturated carbocycles. The molecule has 6 nitrogen and oxygen atoms in total. The van der Waals surface area contributed by atoms with E-state index in [0.29, 0.717) is 23.6 Å². The van der Waals surface area contributed by atoms with E-state index < -0.39 is 0 Å². The Morgan fingerprint density at radius 1 is 1.15 bits per heavy atom. The van der Waals surface area contributed by atoms with E-state index in [0.717, 1.165) is 30.7 Å². The number of nitrogens with one attached hydrogen (secondary N) is 2. The molecule has 0 bridgehead atoms. The Balaban J connectivity index is 1.77. The summed E-state index contributed by atoms with van der Waals surface area (Å²) in [5.74, 6) is 0.405. The minimum atomic E-state index is -0.202. The first kappa shape index (κ1) is 17.9. The molecule has 0 radical (unpaired) electrons. The topological polar surface area (TPSA) is 70.4 Å². The summed E-state index contributed by atoms with van der Waals surface area (Å²) < 4.78 is 5.50. The van der Waals surface area contributed by atoms with Crippen LogP contribution in [0.25, 0.3) is 11.0 Å². The zero-order chi connectivity index (χ0) is 18.4. The number of anilines is 2. The Kier molecular flexibility index (Phi) is 5.86. The molecule has 3 aromatic rings. The molecule has 0 atom stereocenters. The number of furan rings is 1. The van der Waals surface area contributed by atoms with Crippen LogP contribution in [0, 0.1) is 0 Å². The van der Waals surface area contributed by atoms with Crippen LogP contribution >= 0.6 is 0 Å². The highest BCUT2D eigenvalue weighted by atomic mass is 16.3. The molecule has 6 heteroatoms. The predicted molar refractivity (Wildman–Crippen MR) is 104 cm³/mol. The maximum Gasteiger partial charge on any atom is 0.270 e. The third kappa shape index (κ3) is 4.21. The fraction of sp³-hybridized carbons (Fsp3) is 0.300. The second-order valence-electron chi connectivity index (χ2n) is 5.96. The minimum Gasteiger partial charge on any atom is -0.464 e. The van der Waals surface area contributed by atoms with Gasteiger partial charge in [-0.05, 0) is 31.3 Å². The lowest BCUT2D eigenvalue weighted by Gasteiger charge is -2.18. The summed E-state index contributed by atoms with van der Waals surface area (Å²) in [4.78, 5) is 19.3. The van der Waals surface area contributed by atoms with Crippen molar-refractivity contribution in [3.63, 3.8) is 0 Å². The highest BCUT2D eigenvalue weighted by molar-refractivity contribution is 5.99. The summed E-state index contributed by atoms with van der Waals surface area (Å²) in [6, 6.07) is 13.3. The molecule has 0 saturated heterocycles. The highest BCUT2D eigenvalue weighted by Crippen LogP contribution is 2.26. The molecule has 0 fully saturated rings. The lowest BCUT2D eigenvalue weighted by atomic mass is 10.2. The standard InChI is InChI=1S/C20H24N4O2/c1-3-24(4-2)12-11-21-20(25)17-14-18-16(10-13-26-18)19(23-17)22-15-8-6-5-7-9-15/h5-10,13-14H,3-4,11-12H2,1-2H3,(H,21,25)(H,22,23). The molecule has 136 valence electrons. The van der Waals surface area contributed by atoms with E-state index in [1.807, 2.05) is 36.4 Å². The summed E-state index contributed by atoms with van der Waals surface area (Å²) in [6.45, 7) is 7.55. The molecule has 1 aromatic carbocycles. The lowest BCUT2D eigenvalue weighted by Crippen LogP contribution is -2.35. The Morgan fingerprint density at radius 2 is 1.92 bits per heavy atom. The van der Waals surface area contributed by atoms with Crippen LogP contribution in [0.4, 0.5) is 11.5 Å². The number of nitrogens with zero attached hydrogens (tertiary/aromatic N) is 2. The number of amides is 1. The number of fused-ring (bicyclic) bond motifs is 1. The van der Waals surface area contributed by atoms with Crippen LogP contribution in [0.5, 0.6) is 0 Å². The summed E-state index contributed by atoms with van der Waals surface area (Å²) in [5.41, 5.74) is 1.87. The number of likely N-dealkylation sites (N-methyl/N-ethyl adjacent to an activating group) is 1. The number of hydrogen-bond acceptors (Lipinski definition) is 5. The van der Waals surface area contributed by atoms with Crippen molar-refractivity contribution in [3.05, 3.63) is 54.4 Å². The number of rotatable bonds is 8. The number of aromatic nitrogens is 1. The fourth-order valence-corrected chi connectivity index (χ4v) is 2.79. The van der Waals surface area contributed by atoms with Gasteiger partial charge in [-0.2, -0.15) is 0 Å². The fourth-order valence-electron chi connectivity index (χ4n) is 2.79. The minimum absolute atomic E-state index is 0.202. The average Bonchev–Trinajstić information content (AvgIpc) is 3.15. The van der Waals surface area contributed by atoms with Gasteiger partial charge in [-0.15, -0.1) is 0 Å². The number of pyridine rings is 1. The predicted octanol–water partition coefficient (Wildman–Crippen LogP) is 3.64. The van der Waals surface area contributed by atoms with Gasteiger partial charge in [0.2, 0.25) is 0 Å². The van der Waals surface area contributed by atoms with Crippen molar-refractivity contribution in [1.82, 2.24) is 15.2 Å². The zero-order valence-corrected chi connectivity index (χ0v) is 15.2. The quantitative estimate of drug-likeness (QED) is 0.648. The first-order chi connectivity index (χ1) is 12.7. The van der Waals surface area contributed by atoms with Gasteiger partial charge in [-0.1, -0.05) is 32.0 Å². The molecule has 26 heavy (non-hydrogen) atoms. The number of benzene rings is 1. The van der Waals surface area contributed by atoms with Crippen molar-refractivity contribution >= 4 is 28.4 Å². The molecular formula is C20H24N4O2. The van der Waals surface area contributed by atoms with Crippen molar-refractivity contribution in [2.75, 3.05) is 31.5 Å². The number of carbonyl (C=O) groups is 1. The van der Waals surface area contributed by atoms with Crippen molar-refractivity contribution in [1.29, 1.82) is 0 Å². The Morgan fingerprint density at radius 3 is 2.65 bits per heavy atom. The molecule has 2 N–H and O–H groups in total. The van der Waals surface area contributed by atoms with E-state index in [4.69, 9.17) is 4.42 Å². The molecule has 0 aliphatic rings. The Hall–Kier alpha value is -2.86. The summed E-state index contributed by atoms with van der Waals surface area (Å²) in [7, 11) is 0. The molecule has 0 spiro atoms. The van der Waals surface area contributed by atoms with Gasteiger partial charge in [0, 0.05) is 24.8 Å². The van der Waals surface area contributed by atoms with Crippen LogP contribution in [-0.2, 0) is 0 Å². The van der Waals surface area contributed by atoms with Crippen LogP contribution < -0.4 is 10.6 Å². The van der Waals surface area contributed by atoms with Crippen LogP contribution in [-0.4, -0.2) is 42.0 Å². The maximum atomic E-state index is 12.5. The van der Waals surface area contributed by atoms with Crippen molar-refractivity contribution < 1.29 is 9.21 Å². The van der Waals surface area contributed by atoms with E-state index in [9.17, 15) is 4.79 Å². The van der Waals surface area contributed by atoms with Gasteiger partial charge in [0.05, 0.1) is 11.6 Å². The maximum absolute atomic E-state index is 12.5. The summed E-state index contributed by atoms with van der Waals surface area (Å²) in [6.07, 6.45) is 1.60. The largest absolute Gasteiger partial charge is 0.464 e. The lowest BCUT2D eigenvalue weighted by molar-refractivity contribution is 0.0944. The summed E-state index contributed by atoms with van der Waals surface area (Å²) >= 11 is 0. The molecule has 3 rings (SSSR count). The molecular weight excluding hydrogens is 328 g/mol. The van der Waals surface area contributed by atoms with Crippen molar-refractivity contribution in [2.24, 2.45) is 0 Å². The SMILES string of the molecule is CCN(CC)CCNC(=O)c1cc2occc2c(Nc2ccccc2)n1. The number of carbonyl (C=O) groups excluding carboxylic acids is 1. The Labute approximate surface area is 153 Å².